The molecular formula is C17H18N2O2. The highest BCUT2D eigenvalue weighted by atomic mass is 16.5. The summed E-state index contributed by atoms with van der Waals surface area (Å²) in [6, 6.07) is 11.9. The molecular weight excluding hydrogens is 264 g/mol. The predicted octanol–water partition coefficient (Wildman–Crippen LogP) is 3.53. The number of ether oxygens (including phenoxy) is 2. The summed E-state index contributed by atoms with van der Waals surface area (Å²) in [6.45, 7) is 2.50. The Balaban J connectivity index is 2.41. The van der Waals surface area contributed by atoms with E-state index in [1.807, 2.05) is 37.3 Å². The molecule has 0 aliphatic heterocycles. The van der Waals surface area contributed by atoms with Gasteiger partial charge < -0.3 is 9.47 Å². The summed E-state index contributed by atoms with van der Waals surface area (Å²) in [5, 5.41) is 9.11. The zero-order valence-electron chi connectivity index (χ0n) is 12.2. The quantitative estimate of drug-likeness (QED) is 0.813. The van der Waals surface area contributed by atoms with Crippen LogP contribution in [0.4, 0.5) is 0 Å². The molecule has 0 fully saturated rings. The second-order valence-electron chi connectivity index (χ2n) is 4.54. The number of nitrogens with zero attached hydrogens (tertiary/aromatic N) is 2. The van der Waals surface area contributed by atoms with Crippen LogP contribution < -0.4 is 9.47 Å². The summed E-state index contributed by atoms with van der Waals surface area (Å²) in [5.74, 6) is 1.41. The molecule has 0 saturated carbocycles. The second kappa shape index (κ2) is 7.30. The van der Waals surface area contributed by atoms with E-state index in [4.69, 9.17) is 14.7 Å². The van der Waals surface area contributed by atoms with Gasteiger partial charge in [0.1, 0.15) is 0 Å². The number of nitriles is 1. The van der Waals surface area contributed by atoms with Gasteiger partial charge in [-0.05, 0) is 42.3 Å². The van der Waals surface area contributed by atoms with E-state index in [9.17, 15) is 0 Å². The third-order valence-corrected chi connectivity index (χ3v) is 3.29. The first-order valence-corrected chi connectivity index (χ1v) is 6.87. The Morgan fingerprint density at radius 3 is 2.52 bits per heavy atom. The van der Waals surface area contributed by atoms with Crippen molar-refractivity contribution >= 4 is 0 Å². The number of methoxy groups -OCH3 is 1. The fourth-order valence-electron chi connectivity index (χ4n) is 2.29. The Morgan fingerprint density at radius 1 is 1.14 bits per heavy atom. The minimum absolute atomic E-state index is 0.00288. The number of aromatic nitrogens is 1. The van der Waals surface area contributed by atoms with Crippen molar-refractivity contribution in [2.75, 3.05) is 13.7 Å². The van der Waals surface area contributed by atoms with Gasteiger partial charge in [-0.25, -0.2) is 0 Å². The lowest BCUT2D eigenvalue weighted by atomic mass is 9.89. The molecule has 1 heterocycles. The zero-order chi connectivity index (χ0) is 15.1. The average molecular weight is 282 g/mol. The summed E-state index contributed by atoms with van der Waals surface area (Å²) in [6.07, 6.45) is 3.89. The van der Waals surface area contributed by atoms with Crippen molar-refractivity contribution in [3.05, 3.63) is 53.9 Å². The standard InChI is InChI=1S/C17H18N2O2/c1-3-21-17-12-14(4-5-16(17)20-2)15(6-9-18)13-7-10-19-11-8-13/h4-5,7-8,10-12,15H,3,6H2,1-2H3. The smallest absolute Gasteiger partial charge is 0.161 e. The molecule has 108 valence electrons. The Hall–Kier alpha value is -2.54. The van der Waals surface area contributed by atoms with Crippen molar-refractivity contribution < 1.29 is 9.47 Å². The third-order valence-electron chi connectivity index (χ3n) is 3.29. The monoisotopic (exact) mass is 282 g/mol. The van der Waals surface area contributed by atoms with Crippen molar-refractivity contribution in [3.8, 4) is 17.6 Å². The summed E-state index contributed by atoms with van der Waals surface area (Å²) in [4.78, 5) is 4.03. The maximum Gasteiger partial charge on any atom is 0.161 e. The van der Waals surface area contributed by atoms with Crippen molar-refractivity contribution in [1.29, 1.82) is 5.26 Å². The molecule has 0 spiro atoms. The normalized spacial score (nSPS) is 11.5. The Kier molecular flexibility index (Phi) is 5.16. The average Bonchev–Trinajstić information content (AvgIpc) is 2.54. The molecule has 1 aromatic carbocycles. The number of pyridine rings is 1. The van der Waals surface area contributed by atoms with Crippen LogP contribution >= 0.6 is 0 Å². The summed E-state index contributed by atoms with van der Waals surface area (Å²) in [7, 11) is 1.62. The fourth-order valence-corrected chi connectivity index (χ4v) is 2.29. The van der Waals surface area contributed by atoms with Gasteiger partial charge >= 0.3 is 0 Å². The SMILES string of the molecule is CCOc1cc(C(CC#N)c2ccncc2)ccc1OC. The largest absolute Gasteiger partial charge is 0.493 e. The van der Waals surface area contributed by atoms with Gasteiger partial charge in [0.05, 0.1) is 19.8 Å². The van der Waals surface area contributed by atoms with Crippen LogP contribution in [0.1, 0.15) is 30.4 Å². The molecule has 0 aliphatic carbocycles. The lowest BCUT2D eigenvalue weighted by molar-refractivity contribution is 0.310. The number of benzene rings is 1. The molecule has 4 heteroatoms. The van der Waals surface area contributed by atoms with Crippen LogP contribution in [0.2, 0.25) is 0 Å². The van der Waals surface area contributed by atoms with E-state index in [-0.39, 0.29) is 5.92 Å². The molecule has 0 bridgehead atoms. The number of hydrogen-bond donors (Lipinski definition) is 0. The summed E-state index contributed by atoms with van der Waals surface area (Å²) in [5.41, 5.74) is 2.10. The molecule has 0 saturated heterocycles. The molecule has 4 nitrogen and oxygen atoms in total. The molecule has 0 amide bonds. The minimum Gasteiger partial charge on any atom is -0.493 e. The molecule has 0 radical (unpaired) electrons. The van der Waals surface area contributed by atoms with Gasteiger partial charge in [0.15, 0.2) is 11.5 Å². The lowest BCUT2D eigenvalue weighted by Crippen LogP contribution is -2.03. The van der Waals surface area contributed by atoms with Gasteiger partial charge in [-0.1, -0.05) is 6.07 Å². The van der Waals surface area contributed by atoms with Gasteiger partial charge in [0.25, 0.3) is 0 Å². The lowest BCUT2D eigenvalue weighted by Gasteiger charge is -2.17. The summed E-state index contributed by atoms with van der Waals surface area (Å²) >= 11 is 0. The van der Waals surface area contributed by atoms with Crippen LogP contribution in [0, 0.1) is 11.3 Å². The van der Waals surface area contributed by atoms with Gasteiger partial charge in [-0.15, -0.1) is 0 Å². The van der Waals surface area contributed by atoms with E-state index in [0.717, 1.165) is 11.1 Å². The topological polar surface area (TPSA) is 55.1 Å². The van der Waals surface area contributed by atoms with E-state index in [2.05, 4.69) is 11.1 Å². The summed E-state index contributed by atoms with van der Waals surface area (Å²) < 4.78 is 10.9. The Labute approximate surface area is 125 Å². The van der Waals surface area contributed by atoms with E-state index in [1.54, 1.807) is 19.5 Å². The molecule has 2 aromatic rings. The first-order valence-electron chi connectivity index (χ1n) is 6.87. The molecule has 1 aromatic heterocycles. The fraction of sp³-hybridized carbons (Fsp3) is 0.294. The molecule has 1 unspecified atom stereocenters. The highest BCUT2D eigenvalue weighted by molar-refractivity contribution is 5.46. The van der Waals surface area contributed by atoms with Crippen LogP contribution in [0.5, 0.6) is 11.5 Å². The maximum atomic E-state index is 9.11. The van der Waals surface area contributed by atoms with Crippen molar-refractivity contribution in [2.24, 2.45) is 0 Å². The molecule has 1 atom stereocenters. The predicted molar refractivity (Wildman–Crippen MR) is 80.5 cm³/mol. The first kappa shape index (κ1) is 14.9. The van der Waals surface area contributed by atoms with Crippen LogP contribution in [0.25, 0.3) is 0 Å². The highest BCUT2D eigenvalue weighted by Gasteiger charge is 2.16. The molecule has 0 aliphatic rings. The molecule has 0 N–H and O–H groups in total. The van der Waals surface area contributed by atoms with E-state index >= 15 is 0 Å². The van der Waals surface area contributed by atoms with E-state index < -0.39 is 0 Å². The van der Waals surface area contributed by atoms with E-state index in [1.165, 1.54) is 0 Å². The first-order chi connectivity index (χ1) is 10.3. The van der Waals surface area contributed by atoms with Gasteiger partial charge in [-0.3, -0.25) is 4.98 Å². The number of rotatable bonds is 6. The zero-order valence-corrected chi connectivity index (χ0v) is 12.2. The molecule has 2 rings (SSSR count). The van der Waals surface area contributed by atoms with Crippen LogP contribution in [0.15, 0.2) is 42.7 Å². The van der Waals surface area contributed by atoms with Gasteiger partial charge in [0, 0.05) is 24.7 Å². The molecule has 21 heavy (non-hydrogen) atoms. The van der Waals surface area contributed by atoms with Crippen molar-refractivity contribution in [2.45, 2.75) is 19.3 Å². The minimum atomic E-state index is 0.00288. The Bertz CT molecular complexity index is 620. The second-order valence-corrected chi connectivity index (χ2v) is 4.54. The van der Waals surface area contributed by atoms with Crippen LogP contribution in [0.3, 0.4) is 0 Å². The third kappa shape index (κ3) is 3.51. The van der Waals surface area contributed by atoms with Crippen molar-refractivity contribution in [1.82, 2.24) is 4.98 Å². The van der Waals surface area contributed by atoms with Crippen molar-refractivity contribution in [3.63, 3.8) is 0 Å². The van der Waals surface area contributed by atoms with Gasteiger partial charge in [-0.2, -0.15) is 5.26 Å². The number of hydrogen-bond acceptors (Lipinski definition) is 4. The van der Waals surface area contributed by atoms with Crippen LogP contribution in [-0.4, -0.2) is 18.7 Å². The Morgan fingerprint density at radius 2 is 1.90 bits per heavy atom. The maximum absolute atomic E-state index is 9.11. The van der Waals surface area contributed by atoms with E-state index in [0.29, 0.717) is 24.5 Å². The highest BCUT2D eigenvalue weighted by Crippen LogP contribution is 2.34. The van der Waals surface area contributed by atoms with Gasteiger partial charge in [0.2, 0.25) is 0 Å². The van der Waals surface area contributed by atoms with Crippen LogP contribution in [-0.2, 0) is 0 Å².